The molecule has 36 heavy (non-hydrogen) atoms. The van der Waals surface area contributed by atoms with E-state index in [2.05, 4.69) is 14.9 Å². The molecule has 0 spiro atoms. The first kappa shape index (κ1) is 25.2. The van der Waals surface area contributed by atoms with Crippen LogP contribution >= 0.6 is 0 Å². The number of anilines is 3. The minimum atomic E-state index is -3.78. The number of carbonyl (C=O) groups is 2. The Morgan fingerprint density at radius 1 is 0.833 bits per heavy atom. The molecule has 2 amide bonds. The molecular formula is C26H27FN4O4S. The molecule has 0 aliphatic carbocycles. The Balaban J connectivity index is 1.31. The van der Waals surface area contributed by atoms with Gasteiger partial charge in [0, 0.05) is 50.2 Å². The zero-order valence-corrected chi connectivity index (χ0v) is 20.6. The fourth-order valence-electron chi connectivity index (χ4n) is 3.98. The van der Waals surface area contributed by atoms with E-state index in [1.807, 2.05) is 12.1 Å². The van der Waals surface area contributed by atoms with Gasteiger partial charge in [0.15, 0.2) is 0 Å². The summed E-state index contributed by atoms with van der Waals surface area (Å²) in [7, 11) is -3.78. The van der Waals surface area contributed by atoms with Gasteiger partial charge in [-0.1, -0.05) is 12.1 Å². The Bertz CT molecular complexity index is 1320. The number of nitrogens with zero attached hydrogens (tertiary/aromatic N) is 2. The van der Waals surface area contributed by atoms with E-state index in [1.54, 1.807) is 29.2 Å². The summed E-state index contributed by atoms with van der Waals surface area (Å²) in [6.07, 6.45) is 0.241. The van der Waals surface area contributed by atoms with Crippen LogP contribution < -0.4 is 14.9 Å². The van der Waals surface area contributed by atoms with Crippen molar-refractivity contribution in [2.24, 2.45) is 0 Å². The van der Waals surface area contributed by atoms with Crippen molar-refractivity contribution in [2.45, 2.75) is 18.2 Å². The van der Waals surface area contributed by atoms with Crippen LogP contribution in [0.1, 0.15) is 12.5 Å². The van der Waals surface area contributed by atoms with E-state index in [4.69, 9.17) is 0 Å². The van der Waals surface area contributed by atoms with Crippen molar-refractivity contribution < 1.29 is 22.4 Å². The fourth-order valence-corrected chi connectivity index (χ4v) is 5.04. The van der Waals surface area contributed by atoms with Gasteiger partial charge >= 0.3 is 0 Å². The molecule has 1 fully saturated rings. The molecule has 10 heteroatoms. The second kappa shape index (κ2) is 10.8. The minimum Gasteiger partial charge on any atom is -0.368 e. The lowest BCUT2D eigenvalue weighted by molar-refractivity contribution is -0.130. The third-order valence-corrected chi connectivity index (χ3v) is 7.27. The average Bonchev–Trinajstić information content (AvgIpc) is 2.86. The average molecular weight is 511 g/mol. The number of amides is 2. The normalized spacial score (nSPS) is 13.8. The van der Waals surface area contributed by atoms with Gasteiger partial charge in [0.1, 0.15) is 5.82 Å². The number of rotatable bonds is 7. The maximum atomic E-state index is 13.1. The number of nitrogens with one attached hydrogen (secondary N) is 2. The quantitative estimate of drug-likeness (QED) is 0.507. The van der Waals surface area contributed by atoms with Crippen LogP contribution in [-0.2, 0) is 26.0 Å². The molecule has 1 aliphatic rings. The van der Waals surface area contributed by atoms with Gasteiger partial charge in [0.25, 0.3) is 10.0 Å². The van der Waals surface area contributed by atoms with Crippen LogP contribution in [0.5, 0.6) is 0 Å². The largest absolute Gasteiger partial charge is 0.368 e. The van der Waals surface area contributed by atoms with E-state index in [0.29, 0.717) is 37.6 Å². The Morgan fingerprint density at radius 3 is 2.00 bits per heavy atom. The van der Waals surface area contributed by atoms with E-state index in [-0.39, 0.29) is 28.9 Å². The topological polar surface area (TPSA) is 98.8 Å². The lowest BCUT2D eigenvalue weighted by Crippen LogP contribution is -2.49. The first-order chi connectivity index (χ1) is 17.2. The van der Waals surface area contributed by atoms with Gasteiger partial charge in [0.05, 0.1) is 11.3 Å². The Hall–Kier alpha value is -3.92. The van der Waals surface area contributed by atoms with Crippen molar-refractivity contribution in [1.29, 1.82) is 0 Å². The summed E-state index contributed by atoms with van der Waals surface area (Å²) in [4.78, 5) is 27.7. The zero-order valence-electron chi connectivity index (χ0n) is 19.8. The van der Waals surface area contributed by atoms with Crippen molar-refractivity contribution in [1.82, 2.24) is 4.90 Å². The van der Waals surface area contributed by atoms with Crippen LogP contribution in [0.25, 0.3) is 0 Å². The van der Waals surface area contributed by atoms with E-state index in [9.17, 15) is 22.4 Å². The van der Waals surface area contributed by atoms with Crippen LogP contribution in [-0.4, -0.2) is 51.3 Å². The van der Waals surface area contributed by atoms with Crippen molar-refractivity contribution >= 4 is 38.9 Å². The summed E-state index contributed by atoms with van der Waals surface area (Å²) < 4.78 is 41.0. The molecule has 0 unspecified atom stereocenters. The second-order valence-electron chi connectivity index (χ2n) is 8.53. The molecule has 3 aromatic rings. The number of carbonyl (C=O) groups excluding carboxylic acids is 2. The van der Waals surface area contributed by atoms with E-state index in [1.165, 1.54) is 43.3 Å². The second-order valence-corrected chi connectivity index (χ2v) is 10.2. The highest BCUT2D eigenvalue weighted by atomic mass is 32.2. The predicted octanol–water partition coefficient (Wildman–Crippen LogP) is 3.48. The molecule has 4 rings (SSSR count). The highest BCUT2D eigenvalue weighted by molar-refractivity contribution is 7.92. The molecule has 0 bridgehead atoms. The molecule has 3 aromatic carbocycles. The lowest BCUT2D eigenvalue weighted by atomic mass is 10.1. The first-order valence-electron chi connectivity index (χ1n) is 11.5. The molecule has 0 saturated carbocycles. The van der Waals surface area contributed by atoms with Gasteiger partial charge < -0.3 is 15.1 Å². The summed E-state index contributed by atoms with van der Waals surface area (Å²) in [5.41, 5.74) is 2.66. The van der Waals surface area contributed by atoms with Gasteiger partial charge in [-0.05, 0) is 66.2 Å². The van der Waals surface area contributed by atoms with Gasteiger partial charge in [-0.3, -0.25) is 14.3 Å². The molecule has 0 atom stereocenters. The number of piperazine rings is 1. The molecule has 1 aliphatic heterocycles. The van der Waals surface area contributed by atoms with Crippen molar-refractivity contribution in [3.05, 3.63) is 84.2 Å². The molecule has 0 radical (unpaired) electrons. The van der Waals surface area contributed by atoms with E-state index in [0.717, 1.165) is 11.3 Å². The predicted molar refractivity (Wildman–Crippen MR) is 137 cm³/mol. The Labute approximate surface area is 209 Å². The van der Waals surface area contributed by atoms with Gasteiger partial charge in [-0.15, -0.1) is 0 Å². The molecule has 188 valence electrons. The van der Waals surface area contributed by atoms with Crippen LogP contribution in [0.3, 0.4) is 0 Å². The number of halogens is 1. The molecule has 1 saturated heterocycles. The van der Waals surface area contributed by atoms with Crippen molar-refractivity contribution in [2.75, 3.05) is 41.1 Å². The van der Waals surface area contributed by atoms with E-state index >= 15 is 0 Å². The Kier molecular flexibility index (Phi) is 7.54. The standard InChI is InChI=1S/C26H27FN4O4S/c1-19(32)28-22-8-12-25(13-9-22)36(34,35)29-23-6-10-24(11-7-23)30-14-16-31(17-15-30)26(33)18-20-2-4-21(27)5-3-20/h2-13,29H,14-18H2,1H3,(H,28,32). The molecule has 1 heterocycles. The monoisotopic (exact) mass is 510 g/mol. The maximum Gasteiger partial charge on any atom is 0.261 e. The zero-order chi connectivity index (χ0) is 25.7. The smallest absolute Gasteiger partial charge is 0.261 e. The first-order valence-corrected chi connectivity index (χ1v) is 13.0. The summed E-state index contributed by atoms with van der Waals surface area (Å²) in [6.45, 7) is 3.83. The van der Waals surface area contributed by atoms with Crippen LogP contribution in [0.15, 0.2) is 77.7 Å². The highest BCUT2D eigenvalue weighted by Crippen LogP contribution is 2.23. The number of sulfonamides is 1. The lowest BCUT2D eigenvalue weighted by Gasteiger charge is -2.36. The van der Waals surface area contributed by atoms with Gasteiger partial charge in [-0.25, -0.2) is 12.8 Å². The summed E-state index contributed by atoms with van der Waals surface area (Å²) in [5, 5.41) is 2.60. The third-order valence-electron chi connectivity index (χ3n) is 5.87. The third kappa shape index (κ3) is 6.39. The minimum absolute atomic E-state index is 0.0103. The van der Waals surface area contributed by atoms with Crippen LogP contribution in [0.4, 0.5) is 21.5 Å². The molecule has 2 N–H and O–H groups in total. The summed E-state index contributed by atoms with van der Waals surface area (Å²) in [5.74, 6) is -0.547. The van der Waals surface area contributed by atoms with E-state index < -0.39 is 10.0 Å². The summed E-state index contributed by atoms with van der Waals surface area (Å²) >= 11 is 0. The number of hydrogen-bond donors (Lipinski definition) is 2. The van der Waals surface area contributed by atoms with Crippen molar-refractivity contribution in [3.63, 3.8) is 0 Å². The Morgan fingerprint density at radius 2 is 1.42 bits per heavy atom. The van der Waals surface area contributed by atoms with Gasteiger partial charge in [0.2, 0.25) is 11.8 Å². The maximum absolute atomic E-state index is 13.1. The van der Waals surface area contributed by atoms with Crippen molar-refractivity contribution in [3.8, 4) is 0 Å². The number of benzene rings is 3. The summed E-state index contributed by atoms with van der Waals surface area (Å²) in [6, 6.07) is 19.0. The highest BCUT2D eigenvalue weighted by Gasteiger charge is 2.22. The SMILES string of the molecule is CC(=O)Nc1ccc(S(=O)(=O)Nc2ccc(N3CCN(C(=O)Cc4ccc(F)cc4)CC3)cc2)cc1. The molecular weight excluding hydrogens is 483 g/mol. The fraction of sp³-hybridized carbons (Fsp3) is 0.231. The molecule has 0 aromatic heterocycles. The molecule has 8 nitrogen and oxygen atoms in total. The van der Waals surface area contributed by atoms with Crippen LogP contribution in [0.2, 0.25) is 0 Å². The number of hydrogen-bond acceptors (Lipinski definition) is 5. The van der Waals surface area contributed by atoms with Crippen LogP contribution in [0, 0.1) is 5.82 Å². The van der Waals surface area contributed by atoms with Gasteiger partial charge in [-0.2, -0.15) is 0 Å².